The average Bonchev–Trinajstić information content (AvgIpc) is 3.00. The Balaban J connectivity index is 1.69. The Hall–Kier alpha value is -1.82. The van der Waals surface area contributed by atoms with Gasteiger partial charge in [-0.3, -0.25) is 0 Å². The van der Waals surface area contributed by atoms with Gasteiger partial charge >= 0.3 is 0 Å². The maximum absolute atomic E-state index is 12.0. The normalized spacial score (nSPS) is 12.2. The van der Waals surface area contributed by atoms with Crippen LogP contribution in [0.1, 0.15) is 63.9 Å². The van der Waals surface area contributed by atoms with Gasteiger partial charge in [0.05, 0.1) is 12.0 Å². The summed E-state index contributed by atoms with van der Waals surface area (Å²) < 4.78 is 23.9. The van der Waals surface area contributed by atoms with Crippen molar-refractivity contribution in [2.75, 3.05) is 5.75 Å². The predicted octanol–water partition coefficient (Wildman–Crippen LogP) is 4.56. The van der Waals surface area contributed by atoms with E-state index in [0.29, 0.717) is 6.42 Å². The van der Waals surface area contributed by atoms with Crippen molar-refractivity contribution >= 4 is 27.1 Å². The van der Waals surface area contributed by atoms with Crippen molar-refractivity contribution in [2.24, 2.45) is 5.10 Å². The van der Waals surface area contributed by atoms with Crippen molar-refractivity contribution in [1.82, 2.24) is 9.82 Å². The zero-order chi connectivity index (χ0) is 18.0. The van der Waals surface area contributed by atoms with E-state index in [-0.39, 0.29) is 5.75 Å². The lowest BCUT2D eigenvalue weighted by molar-refractivity contribution is 0.566. The zero-order valence-corrected chi connectivity index (χ0v) is 15.8. The maximum atomic E-state index is 12.0. The van der Waals surface area contributed by atoms with E-state index < -0.39 is 10.0 Å². The summed E-state index contributed by atoms with van der Waals surface area (Å²) >= 11 is 0. The molecule has 0 saturated carbocycles. The first-order chi connectivity index (χ1) is 12.1. The third-order valence-electron chi connectivity index (χ3n) is 4.28. The molecule has 138 valence electrons. The van der Waals surface area contributed by atoms with Gasteiger partial charge in [-0.25, -0.2) is 13.2 Å². The fourth-order valence-corrected chi connectivity index (χ4v) is 3.74. The molecule has 1 heterocycles. The Kier molecular flexibility index (Phi) is 7.98. The highest BCUT2D eigenvalue weighted by atomic mass is 32.2. The van der Waals surface area contributed by atoms with Crippen LogP contribution in [0.2, 0.25) is 0 Å². The van der Waals surface area contributed by atoms with Gasteiger partial charge in [0.15, 0.2) is 0 Å². The van der Waals surface area contributed by atoms with E-state index >= 15 is 0 Å². The standard InChI is InChI=1S/C19H29N3O2S/c1-2-3-4-5-6-7-8-11-14-25(23,24)22-21-16-17-15-20-19-13-10-9-12-18(17)19/h9-10,12-13,15-16,20,22H,2-8,11,14H2,1H3/b21-16+. The van der Waals surface area contributed by atoms with Crippen LogP contribution in [-0.4, -0.2) is 25.4 Å². The number of aromatic amines is 1. The topological polar surface area (TPSA) is 74.3 Å². The Morgan fingerprint density at radius 2 is 1.72 bits per heavy atom. The zero-order valence-electron chi connectivity index (χ0n) is 15.0. The van der Waals surface area contributed by atoms with Crippen molar-refractivity contribution in [3.63, 3.8) is 0 Å². The number of H-pyrrole nitrogens is 1. The summed E-state index contributed by atoms with van der Waals surface area (Å²) in [6.07, 6.45) is 12.4. The molecule has 0 amide bonds. The minimum absolute atomic E-state index is 0.132. The number of para-hydroxylation sites is 1. The molecule has 1 aromatic heterocycles. The van der Waals surface area contributed by atoms with Crippen LogP contribution >= 0.6 is 0 Å². The van der Waals surface area contributed by atoms with E-state index in [9.17, 15) is 8.42 Å². The highest BCUT2D eigenvalue weighted by Crippen LogP contribution is 2.15. The van der Waals surface area contributed by atoms with Gasteiger partial charge in [0, 0.05) is 22.7 Å². The van der Waals surface area contributed by atoms with Crippen molar-refractivity contribution in [1.29, 1.82) is 0 Å². The van der Waals surface area contributed by atoms with Gasteiger partial charge in [0.2, 0.25) is 10.0 Å². The number of rotatable bonds is 12. The molecule has 0 atom stereocenters. The SMILES string of the molecule is CCCCCCCCCCS(=O)(=O)N/N=C/c1c[nH]c2ccccc12. The molecule has 6 heteroatoms. The fraction of sp³-hybridized carbons (Fsp3) is 0.526. The highest BCUT2D eigenvalue weighted by molar-refractivity contribution is 7.89. The van der Waals surface area contributed by atoms with Crippen molar-refractivity contribution < 1.29 is 8.42 Å². The van der Waals surface area contributed by atoms with Crippen molar-refractivity contribution in [3.8, 4) is 0 Å². The maximum Gasteiger partial charge on any atom is 0.247 e. The molecule has 0 aliphatic carbocycles. The quantitative estimate of drug-likeness (QED) is 0.329. The van der Waals surface area contributed by atoms with Crippen molar-refractivity contribution in [2.45, 2.75) is 58.3 Å². The monoisotopic (exact) mass is 363 g/mol. The molecule has 0 fully saturated rings. The summed E-state index contributed by atoms with van der Waals surface area (Å²) in [5.41, 5.74) is 1.87. The third kappa shape index (κ3) is 6.90. The number of hydrogen-bond acceptors (Lipinski definition) is 3. The lowest BCUT2D eigenvalue weighted by Crippen LogP contribution is -2.21. The van der Waals surface area contributed by atoms with Crippen molar-refractivity contribution in [3.05, 3.63) is 36.0 Å². The van der Waals surface area contributed by atoms with Crippen LogP contribution in [-0.2, 0) is 10.0 Å². The first-order valence-corrected chi connectivity index (χ1v) is 10.9. The number of sulfonamides is 1. The second-order valence-corrected chi connectivity index (χ2v) is 8.25. The molecule has 0 aliphatic rings. The molecular formula is C19H29N3O2S. The first-order valence-electron chi connectivity index (χ1n) is 9.21. The summed E-state index contributed by atoms with van der Waals surface area (Å²) in [5.74, 6) is 0.132. The molecule has 0 bridgehead atoms. The van der Waals surface area contributed by atoms with Crippen LogP contribution < -0.4 is 4.83 Å². The summed E-state index contributed by atoms with van der Waals surface area (Å²) in [6.45, 7) is 2.21. The van der Waals surface area contributed by atoms with E-state index in [0.717, 1.165) is 29.3 Å². The summed E-state index contributed by atoms with van der Waals surface area (Å²) in [6, 6.07) is 7.84. The number of unbranched alkanes of at least 4 members (excludes halogenated alkanes) is 7. The molecule has 2 aromatic rings. The number of fused-ring (bicyclic) bond motifs is 1. The molecule has 0 spiro atoms. The van der Waals surface area contributed by atoms with E-state index in [1.54, 1.807) is 6.21 Å². The number of nitrogens with one attached hydrogen (secondary N) is 2. The number of aromatic nitrogens is 1. The Labute approximate surface area is 151 Å². The lowest BCUT2D eigenvalue weighted by atomic mass is 10.1. The number of hydrogen-bond donors (Lipinski definition) is 2. The molecule has 1 aromatic carbocycles. The van der Waals surface area contributed by atoms with Crippen LogP contribution in [0.15, 0.2) is 35.6 Å². The molecular weight excluding hydrogens is 334 g/mol. The van der Waals surface area contributed by atoms with Gasteiger partial charge in [-0.15, -0.1) is 0 Å². The van der Waals surface area contributed by atoms with Crippen LogP contribution in [0.3, 0.4) is 0 Å². The fourth-order valence-electron chi connectivity index (χ4n) is 2.85. The number of hydrazone groups is 1. The molecule has 0 unspecified atom stereocenters. The van der Waals surface area contributed by atoms with Gasteiger partial charge < -0.3 is 4.98 Å². The van der Waals surface area contributed by atoms with Crippen LogP contribution in [0.25, 0.3) is 10.9 Å². The molecule has 0 radical (unpaired) electrons. The molecule has 25 heavy (non-hydrogen) atoms. The number of benzene rings is 1. The summed E-state index contributed by atoms with van der Waals surface area (Å²) in [5, 5.41) is 4.92. The minimum atomic E-state index is -3.35. The van der Waals surface area contributed by atoms with Gasteiger partial charge in [-0.2, -0.15) is 5.10 Å². The second kappa shape index (κ2) is 10.2. The van der Waals surface area contributed by atoms with Crippen LogP contribution in [0.4, 0.5) is 0 Å². The predicted molar refractivity (Wildman–Crippen MR) is 105 cm³/mol. The van der Waals surface area contributed by atoms with Crippen LogP contribution in [0, 0.1) is 0 Å². The smallest absolute Gasteiger partial charge is 0.247 e. The lowest BCUT2D eigenvalue weighted by Gasteiger charge is -2.03. The van der Waals surface area contributed by atoms with Gasteiger partial charge in [0.1, 0.15) is 0 Å². The molecule has 0 aliphatic heterocycles. The van der Waals surface area contributed by atoms with E-state index in [1.165, 1.54) is 32.1 Å². The van der Waals surface area contributed by atoms with Gasteiger partial charge in [-0.05, 0) is 12.5 Å². The molecule has 2 N–H and O–H groups in total. The molecule has 0 saturated heterocycles. The average molecular weight is 364 g/mol. The second-order valence-electron chi connectivity index (χ2n) is 6.43. The number of nitrogens with zero attached hydrogens (tertiary/aromatic N) is 1. The molecule has 2 rings (SSSR count). The Bertz CT molecular complexity index is 766. The minimum Gasteiger partial charge on any atom is -0.361 e. The van der Waals surface area contributed by atoms with Gasteiger partial charge in [-0.1, -0.05) is 70.1 Å². The first kappa shape index (κ1) is 19.5. The third-order valence-corrected chi connectivity index (χ3v) is 5.49. The summed E-state index contributed by atoms with van der Waals surface area (Å²) in [7, 11) is -3.35. The Morgan fingerprint density at radius 3 is 2.48 bits per heavy atom. The molecule has 5 nitrogen and oxygen atoms in total. The largest absolute Gasteiger partial charge is 0.361 e. The van der Waals surface area contributed by atoms with Gasteiger partial charge in [0.25, 0.3) is 0 Å². The highest BCUT2D eigenvalue weighted by Gasteiger charge is 2.08. The van der Waals surface area contributed by atoms with E-state index in [4.69, 9.17) is 0 Å². The summed E-state index contributed by atoms with van der Waals surface area (Å²) in [4.78, 5) is 5.44. The Morgan fingerprint density at radius 1 is 1.04 bits per heavy atom. The van der Waals surface area contributed by atoms with E-state index in [1.807, 2.05) is 30.5 Å². The van der Waals surface area contributed by atoms with Crippen LogP contribution in [0.5, 0.6) is 0 Å². The van der Waals surface area contributed by atoms with E-state index in [2.05, 4.69) is 21.8 Å².